The molecule has 3 heteroatoms. The van der Waals surface area contributed by atoms with Crippen molar-refractivity contribution in [1.29, 1.82) is 0 Å². The standard InChI is InChI=1S/C7H10.C5H4O3/c1-2-7-4-3-6(1)5-7;1-3-2-4(6)8-5(3)7/h1-2,6-7H,3-5H2;1-2H2. The van der Waals surface area contributed by atoms with Crippen LogP contribution in [0.1, 0.15) is 25.7 Å². The summed E-state index contributed by atoms with van der Waals surface area (Å²) in [5, 5.41) is 0. The lowest BCUT2D eigenvalue weighted by Gasteiger charge is -1.96. The van der Waals surface area contributed by atoms with Crippen molar-refractivity contribution in [2.45, 2.75) is 25.7 Å². The van der Waals surface area contributed by atoms with Crippen LogP contribution in [0, 0.1) is 11.8 Å². The molecule has 0 N–H and O–H groups in total. The molecule has 0 aromatic heterocycles. The topological polar surface area (TPSA) is 43.4 Å². The molecule has 2 unspecified atom stereocenters. The molecule has 0 aromatic carbocycles. The zero-order chi connectivity index (χ0) is 10.8. The smallest absolute Gasteiger partial charge is 0.341 e. The Balaban J connectivity index is 0.000000114. The van der Waals surface area contributed by atoms with E-state index in [0.29, 0.717) is 0 Å². The van der Waals surface area contributed by atoms with E-state index in [2.05, 4.69) is 23.5 Å². The summed E-state index contributed by atoms with van der Waals surface area (Å²) in [5.41, 5.74) is 0.245. The number of allylic oxidation sites excluding steroid dienone is 2. The Morgan fingerprint density at radius 1 is 1.20 bits per heavy atom. The first-order valence-corrected chi connectivity index (χ1v) is 5.26. The highest BCUT2D eigenvalue weighted by Gasteiger charge is 2.25. The predicted molar refractivity (Wildman–Crippen MR) is 54.8 cm³/mol. The number of cyclic esters (lactones) is 2. The molecule has 2 fully saturated rings. The second-order valence-electron chi connectivity index (χ2n) is 4.26. The highest BCUT2D eigenvalue weighted by atomic mass is 16.6. The van der Waals surface area contributed by atoms with Gasteiger partial charge in [-0.2, -0.15) is 0 Å². The van der Waals surface area contributed by atoms with E-state index in [9.17, 15) is 9.59 Å². The van der Waals surface area contributed by atoms with Gasteiger partial charge in [-0.05, 0) is 31.1 Å². The van der Waals surface area contributed by atoms with E-state index in [1.165, 1.54) is 19.3 Å². The van der Waals surface area contributed by atoms with Crippen molar-refractivity contribution in [3.8, 4) is 0 Å². The van der Waals surface area contributed by atoms with Crippen LogP contribution in [0.3, 0.4) is 0 Å². The predicted octanol–water partition coefficient (Wildman–Crippen LogP) is 1.99. The number of carbonyl (C=O) groups excluding carboxylic acids is 2. The lowest BCUT2D eigenvalue weighted by atomic mass is 10.1. The fourth-order valence-corrected chi connectivity index (χ4v) is 2.17. The summed E-state index contributed by atoms with van der Waals surface area (Å²) in [6.07, 6.45) is 9.24. The number of esters is 2. The minimum absolute atomic E-state index is 0.0544. The number of carbonyl (C=O) groups is 2. The highest BCUT2D eigenvalue weighted by Crippen LogP contribution is 2.38. The van der Waals surface area contributed by atoms with Gasteiger partial charge in [-0.3, -0.25) is 4.79 Å². The molecule has 2 bridgehead atoms. The average Bonchev–Trinajstić information content (AvgIpc) is 2.86. The van der Waals surface area contributed by atoms with Crippen molar-refractivity contribution in [2.24, 2.45) is 11.8 Å². The number of hydrogen-bond acceptors (Lipinski definition) is 3. The summed E-state index contributed by atoms with van der Waals surface area (Å²) in [7, 11) is 0. The maximum atomic E-state index is 10.2. The molecule has 15 heavy (non-hydrogen) atoms. The van der Waals surface area contributed by atoms with E-state index >= 15 is 0 Å². The first kappa shape index (κ1) is 10.1. The molecule has 1 saturated carbocycles. The van der Waals surface area contributed by atoms with Crippen molar-refractivity contribution < 1.29 is 14.3 Å². The van der Waals surface area contributed by atoms with Crippen LogP contribution in [0.4, 0.5) is 0 Å². The van der Waals surface area contributed by atoms with Gasteiger partial charge in [-0.25, -0.2) is 4.79 Å². The normalized spacial score (nSPS) is 31.6. The Labute approximate surface area is 88.8 Å². The molecule has 3 aliphatic rings. The maximum Gasteiger partial charge on any atom is 0.341 e. The summed E-state index contributed by atoms with van der Waals surface area (Å²) in [5.74, 6) is 0.894. The minimum atomic E-state index is -0.588. The lowest BCUT2D eigenvalue weighted by Crippen LogP contribution is -1.95. The fraction of sp³-hybridized carbons (Fsp3) is 0.500. The van der Waals surface area contributed by atoms with Crippen LogP contribution in [-0.2, 0) is 14.3 Å². The zero-order valence-electron chi connectivity index (χ0n) is 8.57. The number of rotatable bonds is 0. The highest BCUT2D eigenvalue weighted by molar-refractivity contribution is 6.05. The number of hydrogen-bond donors (Lipinski definition) is 0. The van der Waals surface area contributed by atoms with E-state index in [1.54, 1.807) is 0 Å². The molecule has 80 valence electrons. The van der Waals surface area contributed by atoms with Crippen LogP contribution in [0.5, 0.6) is 0 Å². The van der Waals surface area contributed by atoms with E-state index in [-0.39, 0.29) is 12.0 Å². The Bertz CT molecular complexity index is 311. The summed E-state index contributed by atoms with van der Waals surface area (Å²) >= 11 is 0. The van der Waals surface area contributed by atoms with Gasteiger partial charge in [0.2, 0.25) is 0 Å². The van der Waals surface area contributed by atoms with E-state index in [1.807, 2.05) is 0 Å². The Hall–Kier alpha value is -1.38. The second-order valence-corrected chi connectivity index (χ2v) is 4.26. The Morgan fingerprint density at radius 3 is 1.93 bits per heavy atom. The molecule has 2 atom stereocenters. The van der Waals surface area contributed by atoms with Gasteiger partial charge in [-0.15, -0.1) is 0 Å². The van der Waals surface area contributed by atoms with Gasteiger partial charge >= 0.3 is 11.9 Å². The molecule has 0 amide bonds. The van der Waals surface area contributed by atoms with Gasteiger partial charge in [-0.1, -0.05) is 18.7 Å². The van der Waals surface area contributed by atoms with Crippen molar-refractivity contribution in [3.63, 3.8) is 0 Å². The zero-order valence-corrected chi connectivity index (χ0v) is 8.57. The van der Waals surface area contributed by atoms with Gasteiger partial charge in [0.1, 0.15) is 0 Å². The van der Waals surface area contributed by atoms with Gasteiger partial charge in [0.15, 0.2) is 0 Å². The third kappa shape index (κ3) is 2.35. The van der Waals surface area contributed by atoms with Crippen LogP contribution in [-0.4, -0.2) is 11.9 Å². The maximum absolute atomic E-state index is 10.2. The van der Waals surface area contributed by atoms with Crippen molar-refractivity contribution in [3.05, 3.63) is 24.3 Å². The monoisotopic (exact) mass is 206 g/mol. The minimum Gasteiger partial charge on any atom is -0.389 e. The van der Waals surface area contributed by atoms with Gasteiger partial charge in [0.25, 0.3) is 0 Å². The van der Waals surface area contributed by atoms with Crippen LogP contribution in [0.25, 0.3) is 0 Å². The molecule has 1 heterocycles. The van der Waals surface area contributed by atoms with Crippen molar-refractivity contribution in [2.75, 3.05) is 0 Å². The SMILES string of the molecule is C1=CC2CCC1C2.C=C1CC(=O)OC1=O. The van der Waals surface area contributed by atoms with Gasteiger partial charge < -0.3 is 4.74 Å². The van der Waals surface area contributed by atoms with E-state index < -0.39 is 11.9 Å². The van der Waals surface area contributed by atoms with Gasteiger partial charge in [0, 0.05) is 5.57 Å². The van der Waals surface area contributed by atoms with Crippen LogP contribution < -0.4 is 0 Å². The Morgan fingerprint density at radius 2 is 1.80 bits per heavy atom. The quantitative estimate of drug-likeness (QED) is 0.263. The molecule has 3 rings (SSSR count). The van der Waals surface area contributed by atoms with Crippen LogP contribution >= 0.6 is 0 Å². The molecular weight excluding hydrogens is 192 g/mol. The molecular formula is C12H14O3. The average molecular weight is 206 g/mol. The van der Waals surface area contributed by atoms with Crippen molar-refractivity contribution >= 4 is 11.9 Å². The molecule has 3 nitrogen and oxygen atoms in total. The third-order valence-electron chi connectivity index (χ3n) is 3.02. The summed E-state index contributed by atoms with van der Waals surface area (Å²) in [6, 6.07) is 0. The summed E-state index contributed by atoms with van der Waals surface area (Å²) in [4.78, 5) is 20.4. The molecule has 2 aliphatic carbocycles. The summed E-state index contributed by atoms with van der Waals surface area (Å²) < 4.78 is 4.10. The lowest BCUT2D eigenvalue weighted by molar-refractivity contribution is -0.151. The second kappa shape index (κ2) is 4.01. The summed E-state index contributed by atoms with van der Waals surface area (Å²) in [6.45, 7) is 3.29. The molecule has 0 spiro atoms. The molecule has 0 aromatic rings. The molecule has 1 aliphatic heterocycles. The molecule has 1 saturated heterocycles. The van der Waals surface area contributed by atoms with Crippen LogP contribution in [0.2, 0.25) is 0 Å². The Kier molecular flexibility index (Phi) is 2.71. The van der Waals surface area contributed by atoms with E-state index in [4.69, 9.17) is 0 Å². The first-order valence-electron chi connectivity index (χ1n) is 5.26. The van der Waals surface area contributed by atoms with Gasteiger partial charge in [0.05, 0.1) is 6.42 Å². The largest absolute Gasteiger partial charge is 0.389 e. The van der Waals surface area contributed by atoms with E-state index in [0.717, 1.165) is 11.8 Å². The third-order valence-corrected chi connectivity index (χ3v) is 3.02. The van der Waals surface area contributed by atoms with Crippen molar-refractivity contribution in [1.82, 2.24) is 0 Å². The first-order chi connectivity index (χ1) is 7.15. The molecule has 0 radical (unpaired) electrons. The number of ether oxygens (including phenoxy) is 1. The fourth-order valence-electron chi connectivity index (χ4n) is 2.17. The van der Waals surface area contributed by atoms with Crippen LogP contribution in [0.15, 0.2) is 24.3 Å². The number of fused-ring (bicyclic) bond motifs is 2.